The van der Waals surface area contributed by atoms with Gasteiger partial charge in [-0.3, -0.25) is 9.00 Å². The lowest BCUT2D eigenvalue weighted by atomic mass is 10.00. The van der Waals surface area contributed by atoms with E-state index >= 15 is 0 Å². The molecule has 3 atom stereocenters. The molecular weight excluding hydrogens is 393 g/mol. The molecular formula is C19H19Cl2NO3S. The highest BCUT2D eigenvalue weighted by Crippen LogP contribution is 2.35. The molecule has 3 rings (SSSR count). The fourth-order valence-corrected chi connectivity index (χ4v) is 4.68. The maximum absolute atomic E-state index is 13.0. The Morgan fingerprint density at radius 3 is 2.73 bits per heavy atom. The van der Waals surface area contributed by atoms with Crippen molar-refractivity contribution in [2.75, 3.05) is 5.32 Å². The number of fused-ring (bicyclic) bond motifs is 1. The maximum atomic E-state index is 13.0. The van der Waals surface area contributed by atoms with Crippen LogP contribution in [0.25, 0.3) is 0 Å². The Morgan fingerprint density at radius 2 is 2.00 bits per heavy atom. The third kappa shape index (κ3) is 4.29. The van der Waals surface area contributed by atoms with Crippen LogP contribution in [-0.4, -0.2) is 15.6 Å². The molecule has 1 aliphatic rings. The van der Waals surface area contributed by atoms with Crippen molar-refractivity contribution < 1.29 is 13.7 Å². The molecule has 1 amide bonds. The van der Waals surface area contributed by atoms with Crippen LogP contribution in [0.3, 0.4) is 0 Å². The molecule has 4 nitrogen and oxygen atoms in total. The number of rotatable bonds is 6. The summed E-state index contributed by atoms with van der Waals surface area (Å²) in [6, 6.07) is 12.4. The molecule has 0 spiro atoms. The molecule has 7 heteroatoms. The van der Waals surface area contributed by atoms with Gasteiger partial charge >= 0.3 is 0 Å². The first-order valence-electron chi connectivity index (χ1n) is 8.39. The van der Waals surface area contributed by atoms with Crippen LogP contribution in [0.4, 0.5) is 5.69 Å². The number of hydrogen-bond donors (Lipinski definition) is 1. The van der Waals surface area contributed by atoms with E-state index in [0.29, 0.717) is 21.4 Å². The van der Waals surface area contributed by atoms with Crippen LogP contribution in [0.2, 0.25) is 10.0 Å². The minimum absolute atomic E-state index is 0.107. The summed E-state index contributed by atoms with van der Waals surface area (Å²) >= 11 is 12.0. The average Bonchev–Trinajstić information content (AvgIpc) is 2.63. The second-order valence-electron chi connectivity index (χ2n) is 6.06. The van der Waals surface area contributed by atoms with Crippen LogP contribution >= 0.6 is 23.2 Å². The van der Waals surface area contributed by atoms with Gasteiger partial charge in [-0.1, -0.05) is 54.7 Å². The largest absolute Gasteiger partial charge is 0.356 e. The molecule has 2 aromatic carbocycles. The van der Waals surface area contributed by atoms with Crippen LogP contribution in [0, 0.1) is 0 Å². The molecule has 26 heavy (non-hydrogen) atoms. The lowest BCUT2D eigenvalue weighted by Gasteiger charge is -2.29. The number of halogens is 2. The Balaban J connectivity index is 1.85. The van der Waals surface area contributed by atoms with Gasteiger partial charge < -0.3 is 10.1 Å². The molecule has 0 bridgehead atoms. The second-order valence-corrected chi connectivity index (χ2v) is 8.46. The number of hydrogen-bond acceptors (Lipinski definition) is 3. The summed E-state index contributed by atoms with van der Waals surface area (Å²) in [5, 5.41) is 3.61. The summed E-state index contributed by atoms with van der Waals surface area (Å²) in [5.74, 6) is -0.107. The van der Waals surface area contributed by atoms with Crippen molar-refractivity contribution in [2.45, 2.75) is 42.6 Å². The van der Waals surface area contributed by atoms with Crippen LogP contribution in [0.15, 0.2) is 47.4 Å². The Bertz CT molecular complexity index is 843. The number of anilines is 1. The van der Waals surface area contributed by atoms with Crippen LogP contribution < -0.4 is 5.32 Å². The van der Waals surface area contributed by atoms with Gasteiger partial charge in [-0.25, -0.2) is 0 Å². The lowest BCUT2D eigenvalue weighted by molar-refractivity contribution is -0.120. The molecule has 0 aromatic heterocycles. The lowest BCUT2D eigenvalue weighted by Crippen LogP contribution is -2.29. The van der Waals surface area contributed by atoms with E-state index in [-0.39, 0.29) is 12.3 Å². The van der Waals surface area contributed by atoms with Gasteiger partial charge in [-0.15, -0.1) is 0 Å². The summed E-state index contributed by atoms with van der Waals surface area (Å²) in [7, 11) is -1.43. The predicted octanol–water partition coefficient (Wildman–Crippen LogP) is 5.33. The van der Waals surface area contributed by atoms with Crippen molar-refractivity contribution in [3.63, 3.8) is 0 Å². The number of amides is 1. The molecule has 1 heterocycles. The van der Waals surface area contributed by atoms with E-state index in [1.807, 2.05) is 31.2 Å². The zero-order valence-electron chi connectivity index (χ0n) is 14.2. The first-order chi connectivity index (χ1) is 12.5. The Morgan fingerprint density at radius 1 is 1.23 bits per heavy atom. The van der Waals surface area contributed by atoms with E-state index in [2.05, 4.69) is 5.32 Å². The van der Waals surface area contributed by atoms with Crippen LogP contribution in [0.1, 0.15) is 37.9 Å². The molecule has 0 fully saturated rings. The minimum atomic E-state index is -1.43. The van der Waals surface area contributed by atoms with Gasteiger partial charge in [-0.2, -0.15) is 0 Å². The smallest absolute Gasteiger partial charge is 0.227 e. The van der Waals surface area contributed by atoms with E-state index < -0.39 is 22.3 Å². The van der Waals surface area contributed by atoms with Crippen molar-refractivity contribution in [3.8, 4) is 0 Å². The first kappa shape index (κ1) is 19.4. The van der Waals surface area contributed by atoms with Gasteiger partial charge in [0.25, 0.3) is 0 Å². The maximum Gasteiger partial charge on any atom is 0.227 e. The summed E-state index contributed by atoms with van der Waals surface area (Å²) < 4.78 is 19.2. The second kappa shape index (κ2) is 8.53. The van der Waals surface area contributed by atoms with Gasteiger partial charge in [0.15, 0.2) is 0 Å². The zero-order valence-corrected chi connectivity index (χ0v) is 16.5. The highest BCUT2D eigenvalue weighted by molar-refractivity contribution is 7.85. The summed E-state index contributed by atoms with van der Waals surface area (Å²) in [6.45, 7) is 2.00. The summed E-state index contributed by atoms with van der Waals surface area (Å²) in [6.07, 6.45) is 1.18. The number of carbonyl (C=O) groups excluding carboxylic acids is 1. The van der Waals surface area contributed by atoms with Gasteiger partial charge in [0.2, 0.25) is 5.91 Å². The van der Waals surface area contributed by atoms with Crippen LogP contribution in [-0.2, 0) is 20.3 Å². The third-order valence-electron chi connectivity index (χ3n) is 4.16. The molecule has 3 unspecified atom stereocenters. The Labute approximate surface area is 165 Å². The standard InChI is InChI=1S/C19H19Cl2NO3S/c1-2-5-19(26(24)12-8-9-14(20)15(21)10-12)25-17-11-18(23)22-16-7-4-3-6-13(16)17/h3-4,6-10,17,19H,2,5,11H2,1H3,(H,22,23). The van der Waals surface area contributed by atoms with Gasteiger partial charge in [0.1, 0.15) is 5.44 Å². The molecule has 2 aromatic rings. The van der Waals surface area contributed by atoms with E-state index in [1.54, 1.807) is 18.2 Å². The van der Waals surface area contributed by atoms with E-state index in [0.717, 1.165) is 17.7 Å². The Hall–Kier alpha value is -1.40. The topological polar surface area (TPSA) is 55.4 Å². The Kier molecular flexibility index (Phi) is 6.35. The summed E-state index contributed by atoms with van der Waals surface area (Å²) in [5.41, 5.74) is 1.10. The normalized spacial score (nSPS) is 18.7. The predicted molar refractivity (Wildman–Crippen MR) is 105 cm³/mol. The molecule has 0 saturated carbocycles. The first-order valence-corrected chi connectivity index (χ1v) is 10.4. The fourth-order valence-electron chi connectivity index (χ4n) is 2.89. The number of carbonyl (C=O) groups is 1. The van der Waals surface area contributed by atoms with Crippen molar-refractivity contribution in [3.05, 3.63) is 58.1 Å². The van der Waals surface area contributed by atoms with Gasteiger partial charge in [0.05, 0.1) is 33.4 Å². The van der Waals surface area contributed by atoms with Crippen molar-refractivity contribution in [1.82, 2.24) is 0 Å². The number of para-hydroxylation sites is 1. The monoisotopic (exact) mass is 411 g/mol. The minimum Gasteiger partial charge on any atom is -0.356 e. The molecule has 1 N–H and O–H groups in total. The third-order valence-corrected chi connectivity index (χ3v) is 6.44. The van der Waals surface area contributed by atoms with E-state index in [9.17, 15) is 9.00 Å². The molecule has 0 radical (unpaired) electrons. The molecule has 138 valence electrons. The van der Waals surface area contributed by atoms with Crippen molar-refractivity contribution >= 4 is 45.6 Å². The molecule has 1 aliphatic heterocycles. The molecule has 0 aliphatic carbocycles. The van der Waals surface area contributed by atoms with Gasteiger partial charge in [0, 0.05) is 16.1 Å². The number of nitrogens with one attached hydrogen (secondary N) is 1. The number of ether oxygens (including phenoxy) is 1. The summed E-state index contributed by atoms with van der Waals surface area (Å²) in [4.78, 5) is 12.6. The van der Waals surface area contributed by atoms with E-state index in [1.165, 1.54) is 0 Å². The fraction of sp³-hybridized carbons (Fsp3) is 0.316. The highest BCUT2D eigenvalue weighted by atomic mass is 35.5. The highest BCUT2D eigenvalue weighted by Gasteiger charge is 2.30. The quantitative estimate of drug-likeness (QED) is 0.698. The zero-order chi connectivity index (χ0) is 18.7. The average molecular weight is 412 g/mol. The molecule has 0 saturated heterocycles. The number of benzene rings is 2. The SMILES string of the molecule is CCCC(OC1CC(=O)Nc2ccccc21)S(=O)c1ccc(Cl)c(Cl)c1. The van der Waals surface area contributed by atoms with Gasteiger partial charge in [-0.05, 0) is 30.7 Å². The van der Waals surface area contributed by atoms with Crippen molar-refractivity contribution in [2.24, 2.45) is 0 Å². The van der Waals surface area contributed by atoms with E-state index in [4.69, 9.17) is 27.9 Å². The van der Waals surface area contributed by atoms with Crippen LogP contribution in [0.5, 0.6) is 0 Å². The van der Waals surface area contributed by atoms with Crippen molar-refractivity contribution in [1.29, 1.82) is 0 Å².